The third kappa shape index (κ3) is 4.47. The molecule has 2 heterocycles. The number of carbonyl (C=O) groups excluding carboxylic acids is 1. The summed E-state index contributed by atoms with van der Waals surface area (Å²) in [7, 11) is -1.72. The molecule has 0 atom stereocenters. The maximum absolute atomic E-state index is 13.3. The lowest BCUT2D eigenvalue weighted by molar-refractivity contribution is 0.0737. The van der Waals surface area contributed by atoms with Gasteiger partial charge in [0.15, 0.2) is 0 Å². The molecule has 0 unspecified atom stereocenters. The van der Waals surface area contributed by atoms with E-state index in [4.69, 9.17) is 11.6 Å². The van der Waals surface area contributed by atoms with Gasteiger partial charge in [0, 0.05) is 67.9 Å². The summed E-state index contributed by atoms with van der Waals surface area (Å²) in [5, 5.41) is 1.44. The summed E-state index contributed by atoms with van der Waals surface area (Å²) in [6, 6.07) is 14.6. The smallest absolute Gasteiger partial charge is 0.270 e. The molecule has 1 fully saturated rings. The fraction of sp³-hybridized carbons (Fsp3) is 0.375. The first-order chi connectivity index (χ1) is 15.8. The van der Waals surface area contributed by atoms with Crippen molar-refractivity contribution in [1.82, 2.24) is 13.8 Å². The van der Waals surface area contributed by atoms with Crippen LogP contribution in [0.4, 0.5) is 5.69 Å². The maximum Gasteiger partial charge on any atom is 0.270 e. The van der Waals surface area contributed by atoms with Crippen molar-refractivity contribution in [2.24, 2.45) is 7.05 Å². The lowest BCUT2D eigenvalue weighted by atomic mass is 10.2. The monoisotopic (exact) mass is 488 g/mol. The van der Waals surface area contributed by atoms with Gasteiger partial charge in [-0.25, -0.2) is 8.42 Å². The summed E-state index contributed by atoms with van der Waals surface area (Å²) in [6.07, 6.45) is 0. The number of hydrogen-bond acceptors (Lipinski definition) is 4. The maximum atomic E-state index is 13.3. The molecule has 0 N–H and O–H groups in total. The van der Waals surface area contributed by atoms with Crippen LogP contribution in [0.25, 0.3) is 10.9 Å². The molecule has 0 saturated carbocycles. The van der Waals surface area contributed by atoms with Crippen LogP contribution in [-0.4, -0.2) is 67.4 Å². The van der Waals surface area contributed by atoms with Crippen molar-refractivity contribution in [2.75, 3.05) is 44.2 Å². The zero-order valence-corrected chi connectivity index (χ0v) is 20.7. The number of sulfonamides is 1. The average Bonchev–Trinajstić information content (AvgIpc) is 3.15. The molecule has 1 aromatic heterocycles. The van der Waals surface area contributed by atoms with Crippen molar-refractivity contribution in [3.05, 3.63) is 59.2 Å². The van der Waals surface area contributed by atoms with E-state index in [-0.39, 0.29) is 10.8 Å². The molecule has 0 bridgehead atoms. The summed E-state index contributed by atoms with van der Waals surface area (Å²) in [5.41, 5.74) is 2.44. The Balaban J connectivity index is 1.55. The third-order valence-corrected chi connectivity index (χ3v) is 8.60. The zero-order chi connectivity index (χ0) is 23.8. The summed E-state index contributed by atoms with van der Waals surface area (Å²) >= 11 is 6.12. The number of rotatable bonds is 6. The van der Waals surface area contributed by atoms with E-state index in [2.05, 4.69) is 4.90 Å². The number of amides is 1. The van der Waals surface area contributed by atoms with Gasteiger partial charge in [-0.3, -0.25) is 4.79 Å². The number of nitrogens with zero attached hydrogens (tertiary/aromatic N) is 4. The van der Waals surface area contributed by atoms with Crippen LogP contribution in [-0.2, 0) is 17.1 Å². The first-order valence-corrected chi connectivity index (χ1v) is 13.0. The van der Waals surface area contributed by atoms with Gasteiger partial charge in [-0.15, -0.1) is 0 Å². The summed E-state index contributed by atoms with van der Waals surface area (Å²) in [4.78, 5) is 17.6. The van der Waals surface area contributed by atoms with Gasteiger partial charge in [-0.05, 0) is 42.5 Å². The molecule has 2 aromatic carbocycles. The van der Waals surface area contributed by atoms with Crippen LogP contribution in [0, 0.1) is 0 Å². The molecule has 0 spiro atoms. The summed E-state index contributed by atoms with van der Waals surface area (Å²) in [6.45, 7) is 7.14. The van der Waals surface area contributed by atoms with Crippen molar-refractivity contribution in [3.63, 3.8) is 0 Å². The number of hydrogen-bond donors (Lipinski definition) is 0. The number of aromatic nitrogens is 1. The highest BCUT2D eigenvalue weighted by molar-refractivity contribution is 7.89. The fourth-order valence-corrected chi connectivity index (χ4v) is 6.09. The van der Waals surface area contributed by atoms with E-state index in [0.717, 1.165) is 29.7 Å². The topological polar surface area (TPSA) is 65.9 Å². The molecule has 3 aromatic rings. The summed E-state index contributed by atoms with van der Waals surface area (Å²) < 4.78 is 29.1. The average molecular weight is 489 g/mol. The number of aryl methyl sites for hydroxylation is 1. The first-order valence-electron chi connectivity index (χ1n) is 11.2. The Labute approximate surface area is 200 Å². The second kappa shape index (κ2) is 9.37. The van der Waals surface area contributed by atoms with Gasteiger partial charge < -0.3 is 14.4 Å². The van der Waals surface area contributed by atoms with Gasteiger partial charge in [-0.2, -0.15) is 4.31 Å². The van der Waals surface area contributed by atoms with Crippen molar-refractivity contribution >= 4 is 44.1 Å². The number of benzene rings is 2. The van der Waals surface area contributed by atoms with Crippen LogP contribution in [0.3, 0.4) is 0 Å². The van der Waals surface area contributed by atoms with E-state index >= 15 is 0 Å². The number of piperazine rings is 1. The standard InChI is InChI=1S/C24H29ClN4O3S/c1-4-29(5-2)33(31,32)21-9-10-22-18(15-21)16-23(26(22)3)24(30)28-13-11-27(12-14-28)20-8-6-7-19(25)17-20/h6-10,15-17H,4-5,11-14H2,1-3H3. The van der Waals surface area contributed by atoms with Crippen LogP contribution in [0.1, 0.15) is 24.3 Å². The quantitative estimate of drug-likeness (QED) is 0.529. The minimum atomic E-state index is -3.56. The molecule has 33 heavy (non-hydrogen) atoms. The van der Waals surface area contributed by atoms with Crippen LogP contribution >= 0.6 is 11.6 Å². The van der Waals surface area contributed by atoms with Crippen molar-refractivity contribution in [3.8, 4) is 0 Å². The van der Waals surface area contributed by atoms with E-state index < -0.39 is 10.0 Å². The Morgan fingerprint density at radius 2 is 1.70 bits per heavy atom. The van der Waals surface area contributed by atoms with E-state index in [1.54, 1.807) is 24.3 Å². The Bertz CT molecular complexity index is 1280. The van der Waals surface area contributed by atoms with Gasteiger partial charge in [0.1, 0.15) is 5.69 Å². The second-order valence-electron chi connectivity index (χ2n) is 8.16. The van der Waals surface area contributed by atoms with E-state index in [9.17, 15) is 13.2 Å². The van der Waals surface area contributed by atoms with E-state index in [1.165, 1.54) is 4.31 Å². The largest absolute Gasteiger partial charge is 0.368 e. The van der Waals surface area contributed by atoms with Crippen molar-refractivity contribution in [2.45, 2.75) is 18.7 Å². The van der Waals surface area contributed by atoms with E-state index in [0.29, 0.717) is 36.9 Å². The highest BCUT2D eigenvalue weighted by Gasteiger charge is 2.26. The SMILES string of the molecule is CCN(CC)S(=O)(=O)c1ccc2c(c1)cc(C(=O)N1CCN(c3cccc(Cl)c3)CC1)n2C. The lowest BCUT2D eigenvalue weighted by Crippen LogP contribution is -2.49. The molecule has 1 aliphatic rings. The van der Waals surface area contributed by atoms with Gasteiger partial charge in [0.05, 0.1) is 4.90 Å². The molecule has 0 aliphatic carbocycles. The van der Waals surface area contributed by atoms with Gasteiger partial charge in [-0.1, -0.05) is 31.5 Å². The Morgan fingerprint density at radius 3 is 2.33 bits per heavy atom. The third-order valence-electron chi connectivity index (χ3n) is 6.32. The molecular formula is C24H29ClN4O3S. The minimum Gasteiger partial charge on any atom is -0.368 e. The van der Waals surface area contributed by atoms with Crippen LogP contribution < -0.4 is 4.90 Å². The van der Waals surface area contributed by atoms with Gasteiger partial charge in [0.25, 0.3) is 5.91 Å². The molecule has 0 radical (unpaired) electrons. The molecule has 176 valence electrons. The zero-order valence-electron chi connectivity index (χ0n) is 19.2. The second-order valence-corrected chi connectivity index (χ2v) is 10.5. The van der Waals surface area contributed by atoms with Crippen LogP contribution in [0.15, 0.2) is 53.4 Å². The number of fused-ring (bicyclic) bond motifs is 1. The number of halogens is 1. The van der Waals surface area contributed by atoms with Gasteiger partial charge >= 0.3 is 0 Å². The molecule has 4 rings (SSSR count). The van der Waals surface area contributed by atoms with Crippen LogP contribution in [0.5, 0.6) is 0 Å². The van der Waals surface area contributed by atoms with Crippen molar-refractivity contribution < 1.29 is 13.2 Å². The molecular weight excluding hydrogens is 460 g/mol. The normalized spacial score (nSPS) is 14.9. The number of carbonyl (C=O) groups is 1. The minimum absolute atomic E-state index is 0.0485. The molecule has 7 nitrogen and oxygen atoms in total. The summed E-state index contributed by atoms with van der Waals surface area (Å²) in [5.74, 6) is -0.0485. The van der Waals surface area contributed by atoms with Crippen LogP contribution in [0.2, 0.25) is 5.02 Å². The molecule has 1 amide bonds. The highest BCUT2D eigenvalue weighted by Crippen LogP contribution is 2.26. The van der Waals surface area contributed by atoms with Crippen molar-refractivity contribution in [1.29, 1.82) is 0 Å². The molecule has 9 heteroatoms. The Kier molecular flexibility index (Phi) is 6.70. The predicted octanol–water partition coefficient (Wildman–Crippen LogP) is 3.82. The van der Waals surface area contributed by atoms with E-state index in [1.807, 2.05) is 54.6 Å². The Hall–Kier alpha value is -2.55. The Morgan fingerprint density at radius 1 is 1.00 bits per heavy atom. The molecule has 1 aliphatic heterocycles. The lowest BCUT2D eigenvalue weighted by Gasteiger charge is -2.36. The highest BCUT2D eigenvalue weighted by atomic mass is 35.5. The fourth-order valence-electron chi connectivity index (χ4n) is 4.41. The molecule has 1 saturated heterocycles. The predicted molar refractivity (Wildman–Crippen MR) is 133 cm³/mol. The first kappa shape index (κ1) is 23.6. The van der Waals surface area contributed by atoms with Gasteiger partial charge in [0.2, 0.25) is 10.0 Å². The number of anilines is 1.